The Labute approximate surface area is 191 Å². The lowest BCUT2D eigenvalue weighted by Gasteiger charge is -2.11. The summed E-state index contributed by atoms with van der Waals surface area (Å²) in [6.45, 7) is 0.204. The van der Waals surface area contributed by atoms with Crippen molar-refractivity contribution in [1.29, 1.82) is 0 Å². The Kier molecular flexibility index (Phi) is 8.34. The highest BCUT2D eigenvalue weighted by molar-refractivity contribution is 6.30. The van der Waals surface area contributed by atoms with Crippen LogP contribution >= 0.6 is 11.6 Å². The molecule has 8 heteroatoms. The zero-order valence-electron chi connectivity index (χ0n) is 17.7. The number of nitrogens with zero attached hydrogens (tertiary/aromatic N) is 1. The number of carbonyl (C=O) groups is 1. The molecule has 1 N–H and O–H groups in total. The third kappa shape index (κ3) is 6.92. The van der Waals surface area contributed by atoms with E-state index in [0.717, 1.165) is 11.1 Å². The molecule has 0 aliphatic carbocycles. The standard InChI is InChI=1S/C24H23ClN2O5/c1-29-20-4-3-5-21(13-20)31-16-24(28)27-26-14-18-8-11-22(23(12-18)30-2)32-15-17-6-9-19(25)10-7-17/h3-14H,15-16H2,1-2H3,(H,27,28)/b26-14+. The lowest BCUT2D eigenvalue weighted by Crippen LogP contribution is -2.24. The molecule has 166 valence electrons. The van der Waals surface area contributed by atoms with Gasteiger partial charge in [0.05, 0.1) is 20.4 Å². The molecule has 0 atom stereocenters. The van der Waals surface area contributed by atoms with E-state index >= 15 is 0 Å². The van der Waals surface area contributed by atoms with E-state index < -0.39 is 0 Å². The molecule has 0 saturated carbocycles. The van der Waals surface area contributed by atoms with Gasteiger partial charge in [-0.1, -0.05) is 29.8 Å². The zero-order valence-corrected chi connectivity index (χ0v) is 18.5. The van der Waals surface area contributed by atoms with Crippen molar-refractivity contribution in [2.45, 2.75) is 6.61 Å². The molecule has 0 aromatic heterocycles. The van der Waals surface area contributed by atoms with Crippen LogP contribution in [0.5, 0.6) is 23.0 Å². The molecule has 3 aromatic carbocycles. The van der Waals surface area contributed by atoms with Crippen LogP contribution in [0.2, 0.25) is 5.02 Å². The summed E-state index contributed by atoms with van der Waals surface area (Å²) in [6, 6.07) is 19.8. The predicted octanol–water partition coefficient (Wildman–Crippen LogP) is 4.47. The molecule has 0 bridgehead atoms. The highest BCUT2D eigenvalue weighted by atomic mass is 35.5. The number of ether oxygens (including phenoxy) is 4. The summed E-state index contributed by atoms with van der Waals surface area (Å²) in [7, 11) is 3.12. The van der Waals surface area contributed by atoms with Crippen molar-refractivity contribution >= 4 is 23.7 Å². The topological polar surface area (TPSA) is 78.4 Å². The first-order valence-electron chi connectivity index (χ1n) is 9.71. The van der Waals surface area contributed by atoms with Crippen LogP contribution < -0.4 is 24.4 Å². The van der Waals surface area contributed by atoms with E-state index in [2.05, 4.69) is 10.5 Å². The van der Waals surface area contributed by atoms with Crippen LogP contribution in [0, 0.1) is 0 Å². The van der Waals surface area contributed by atoms with Gasteiger partial charge in [-0.2, -0.15) is 5.10 Å². The summed E-state index contributed by atoms with van der Waals surface area (Å²) in [6.07, 6.45) is 1.51. The number of methoxy groups -OCH3 is 2. The molecule has 0 unspecified atom stereocenters. The van der Waals surface area contributed by atoms with E-state index in [1.165, 1.54) is 6.21 Å². The van der Waals surface area contributed by atoms with Gasteiger partial charge in [0.25, 0.3) is 5.91 Å². The summed E-state index contributed by atoms with van der Waals surface area (Å²) in [5.74, 6) is 1.93. The Bertz CT molecular complexity index is 1070. The van der Waals surface area contributed by atoms with Gasteiger partial charge in [0.2, 0.25) is 0 Å². The largest absolute Gasteiger partial charge is 0.497 e. The van der Waals surface area contributed by atoms with E-state index in [-0.39, 0.29) is 12.5 Å². The summed E-state index contributed by atoms with van der Waals surface area (Å²) in [5, 5.41) is 4.63. The minimum absolute atomic E-state index is 0.175. The van der Waals surface area contributed by atoms with Gasteiger partial charge in [0, 0.05) is 11.1 Å². The third-order valence-electron chi connectivity index (χ3n) is 4.31. The maximum Gasteiger partial charge on any atom is 0.277 e. The summed E-state index contributed by atoms with van der Waals surface area (Å²) in [4.78, 5) is 11.9. The molecular formula is C24H23ClN2O5. The maximum atomic E-state index is 11.9. The molecular weight excluding hydrogens is 432 g/mol. The summed E-state index contributed by atoms with van der Waals surface area (Å²) in [5.41, 5.74) is 4.14. The molecule has 32 heavy (non-hydrogen) atoms. The maximum absolute atomic E-state index is 11.9. The Morgan fingerprint density at radius 2 is 1.72 bits per heavy atom. The predicted molar refractivity (Wildman–Crippen MR) is 123 cm³/mol. The SMILES string of the molecule is COc1cccc(OCC(=O)N/N=C/c2ccc(OCc3ccc(Cl)cc3)c(OC)c2)c1. The minimum atomic E-state index is -0.390. The van der Waals surface area contributed by atoms with Gasteiger partial charge in [-0.05, 0) is 53.6 Å². The van der Waals surface area contributed by atoms with Crippen LogP contribution in [0.3, 0.4) is 0 Å². The second-order valence-corrected chi connectivity index (χ2v) is 7.02. The number of nitrogens with one attached hydrogen (secondary N) is 1. The van der Waals surface area contributed by atoms with Crippen molar-refractivity contribution in [2.75, 3.05) is 20.8 Å². The highest BCUT2D eigenvalue weighted by Gasteiger charge is 2.07. The number of amides is 1. The van der Waals surface area contributed by atoms with E-state index in [1.807, 2.05) is 30.3 Å². The van der Waals surface area contributed by atoms with Crippen LogP contribution in [-0.2, 0) is 11.4 Å². The number of carbonyl (C=O) groups excluding carboxylic acids is 1. The van der Waals surface area contributed by atoms with Crippen molar-refractivity contribution in [3.05, 3.63) is 82.9 Å². The third-order valence-corrected chi connectivity index (χ3v) is 4.56. The molecule has 7 nitrogen and oxygen atoms in total. The van der Waals surface area contributed by atoms with E-state index in [1.54, 1.807) is 50.6 Å². The van der Waals surface area contributed by atoms with Crippen molar-refractivity contribution in [1.82, 2.24) is 5.43 Å². The fourth-order valence-electron chi connectivity index (χ4n) is 2.68. The van der Waals surface area contributed by atoms with Crippen LogP contribution in [0.1, 0.15) is 11.1 Å². The van der Waals surface area contributed by atoms with Crippen molar-refractivity contribution < 1.29 is 23.7 Å². The van der Waals surface area contributed by atoms with Crippen molar-refractivity contribution in [3.63, 3.8) is 0 Å². The van der Waals surface area contributed by atoms with Crippen LogP contribution in [-0.4, -0.2) is 32.9 Å². The molecule has 3 aromatic rings. The molecule has 0 aliphatic rings. The number of hydrogen-bond donors (Lipinski definition) is 1. The Morgan fingerprint density at radius 3 is 2.47 bits per heavy atom. The number of hydrazone groups is 1. The monoisotopic (exact) mass is 454 g/mol. The molecule has 0 saturated heterocycles. The molecule has 0 spiro atoms. The molecule has 3 rings (SSSR count). The van der Waals surface area contributed by atoms with E-state index in [9.17, 15) is 4.79 Å². The Balaban J connectivity index is 1.51. The van der Waals surface area contributed by atoms with Crippen LogP contribution in [0.15, 0.2) is 71.8 Å². The molecule has 0 radical (unpaired) electrons. The quantitative estimate of drug-likeness (QED) is 0.361. The molecule has 0 heterocycles. The highest BCUT2D eigenvalue weighted by Crippen LogP contribution is 2.28. The second kappa shape index (κ2) is 11.6. The van der Waals surface area contributed by atoms with Gasteiger partial charge in [0.15, 0.2) is 18.1 Å². The van der Waals surface area contributed by atoms with Crippen molar-refractivity contribution in [2.24, 2.45) is 5.10 Å². The van der Waals surface area contributed by atoms with Crippen LogP contribution in [0.4, 0.5) is 0 Å². The first kappa shape index (κ1) is 23.0. The van der Waals surface area contributed by atoms with Gasteiger partial charge < -0.3 is 18.9 Å². The van der Waals surface area contributed by atoms with Crippen molar-refractivity contribution in [3.8, 4) is 23.0 Å². The minimum Gasteiger partial charge on any atom is -0.497 e. The first-order chi connectivity index (χ1) is 15.6. The van der Waals surface area contributed by atoms with Gasteiger partial charge >= 0.3 is 0 Å². The fourth-order valence-corrected chi connectivity index (χ4v) is 2.80. The lowest BCUT2D eigenvalue weighted by molar-refractivity contribution is -0.123. The van der Waals surface area contributed by atoms with E-state index in [0.29, 0.717) is 34.6 Å². The number of hydrogen-bond acceptors (Lipinski definition) is 6. The van der Waals surface area contributed by atoms with Gasteiger partial charge in [-0.15, -0.1) is 0 Å². The van der Waals surface area contributed by atoms with Gasteiger partial charge in [0.1, 0.15) is 18.1 Å². The molecule has 1 amide bonds. The average Bonchev–Trinajstić information content (AvgIpc) is 2.83. The molecule has 0 fully saturated rings. The van der Waals surface area contributed by atoms with Gasteiger partial charge in [-0.25, -0.2) is 5.43 Å². The van der Waals surface area contributed by atoms with Crippen LogP contribution in [0.25, 0.3) is 0 Å². The Morgan fingerprint density at radius 1 is 0.938 bits per heavy atom. The van der Waals surface area contributed by atoms with E-state index in [4.69, 9.17) is 30.5 Å². The normalized spacial score (nSPS) is 10.6. The van der Waals surface area contributed by atoms with Gasteiger partial charge in [-0.3, -0.25) is 4.79 Å². The smallest absolute Gasteiger partial charge is 0.277 e. The zero-order chi connectivity index (χ0) is 22.8. The average molecular weight is 455 g/mol. The summed E-state index contributed by atoms with van der Waals surface area (Å²) < 4.78 is 21.8. The molecule has 0 aliphatic heterocycles. The summed E-state index contributed by atoms with van der Waals surface area (Å²) >= 11 is 5.90. The number of halogens is 1. The fraction of sp³-hybridized carbons (Fsp3) is 0.167. The number of benzene rings is 3. The Hall–Kier alpha value is -3.71. The second-order valence-electron chi connectivity index (χ2n) is 6.59. The number of rotatable bonds is 10. The first-order valence-corrected chi connectivity index (χ1v) is 10.1. The lowest BCUT2D eigenvalue weighted by atomic mass is 10.2.